The molecule has 0 bridgehead atoms. The quantitative estimate of drug-likeness (QED) is 0.193. The van der Waals surface area contributed by atoms with Crippen LogP contribution in [0.3, 0.4) is 0 Å². The number of aliphatic imine (C=N–C) groups is 2. The van der Waals surface area contributed by atoms with Crippen molar-refractivity contribution in [3.63, 3.8) is 0 Å². The monoisotopic (exact) mass is 714 g/mol. The minimum absolute atomic E-state index is 0.0155. The highest BCUT2D eigenvalue weighted by molar-refractivity contribution is 6.17. The number of hydrogen-bond acceptors (Lipinski definition) is 4. The summed E-state index contributed by atoms with van der Waals surface area (Å²) in [5.74, 6) is 0.859. The van der Waals surface area contributed by atoms with Gasteiger partial charge in [-0.15, -0.1) is 0 Å². The van der Waals surface area contributed by atoms with Gasteiger partial charge in [-0.2, -0.15) is 0 Å². The maximum Gasteiger partial charge on any atom is 0.171 e. The number of rotatable bonds is 5. The van der Waals surface area contributed by atoms with Crippen molar-refractivity contribution < 1.29 is 19.5 Å². The van der Waals surface area contributed by atoms with Crippen molar-refractivity contribution in [1.82, 2.24) is 5.32 Å². The molecule has 1 aromatic heterocycles. The summed E-state index contributed by atoms with van der Waals surface area (Å²) in [4.78, 5) is 10.6. The second-order valence-electron chi connectivity index (χ2n) is 13.4. The van der Waals surface area contributed by atoms with Crippen LogP contribution in [0.2, 0.25) is 0 Å². The highest BCUT2D eigenvalue weighted by atomic mass is 16.3. The number of hydrogen-bond donors (Lipinski definition) is 1. The lowest BCUT2D eigenvalue weighted by molar-refractivity contribution is 0.667. The highest BCUT2D eigenvalue weighted by Gasteiger charge is 2.27. The smallest absolute Gasteiger partial charge is 0.171 e. The Kier molecular flexibility index (Phi) is 5.08. The zero-order valence-corrected chi connectivity index (χ0v) is 28.9. The van der Waals surface area contributed by atoms with Crippen LogP contribution in [0.4, 0.5) is 0 Å². The lowest BCUT2D eigenvalue weighted by Crippen LogP contribution is -2.36. The number of fused-ring (bicyclic) bond motifs is 6. The third-order valence-corrected chi connectivity index (χ3v) is 10.2. The van der Waals surface area contributed by atoms with Crippen molar-refractivity contribution >= 4 is 65.9 Å². The first-order valence-electron chi connectivity index (χ1n) is 23.3. The molecule has 0 radical (unpaired) electrons. The van der Waals surface area contributed by atoms with Crippen LogP contribution in [0.25, 0.3) is 76.5 Å². The summed E-state index contributed by atoms with van der Waals surface area (Å²) in [6.07, 6.45) is -1.01. The van der Waals surface area contributed by atoms with Gasteiger partial charge >= 0.3 is 0 Å². The lowest BCUT2D eigenvalue weighted by atomic mass is 9.92. The molecular weight excluding hydrogens is 671 g/mol. The molecule has 11 rings (SSSR count). The van der Waals surface area contributed by atoms with E-state index >= 15 is 0 Å². The Morgan fingerprint density at radius 2 is 1.09 bits per heavy atom. The van der Waals surface area contributed by atoms with Crippen LogP contribution in [-0.2, 0) is 0 Å². The topological polar surface area (TPSA) is 49.9 Å². The zero-order chi connectivity index (χ0) is 45.9. The third-order valence-electron chi connectivity index (χ3n) is 10.2. The van der Waals surface area contributed by atoms with Gasteiger partial charge in [-0.3, -0.25) is 0 Å². The van der Waals surface area contributed by atoms with Crippen molar-refractivity contribution in [1.29, 1.82) is 0 Å². The molecule has 0 aliphatic carbocycles. The van der Waals surface area contributed by atoms with Gasteiger partial charge in [-0.1, -0.05) is 164 Å². The van der Waals surface area contributed by atoms with Crippen LogP contribution in [0.1, 0.15) is 37.9 Å². The minimum Gasteiger partial charge on any atom is -0.456 e. The molecule has 0 saturated heterocycles. The number of nitrogens with one attached hydrogen (secondary N) is 1. The number of para-hydroxylation sites is 1. The van der Waals surface area contributed by atoms with E-state index in [-0.39, 0.29) is 57.7 Å². The summed E-state index contributed by atoms with van der Waals surface area (Å²) >= 11 is 0. The summed E-state index contributed by atoms with van der Waals surface area (Å²) in [5.41, 5.74) is 4.01. The zero-order valence-electron chi connectivity index (χ0n) is 39.9. The van der Waals surface area contributed by atoms with Crippen molar-refractivity contribution in [3.8, 4) is 22.3 Å². The Bertz CT molecular complexity index is 3820. The largest absolute Gasteiger partial charge is 0.456 e. The standard InChI is InChI=1S/C51H33N3O/c1-3-13-37-30-39(26-20-32(37)10-1)43-28-29-46-47(44-17-7-8-19-45(44)55-46)48(43)51-53-49(52-50(54-51)40-27-21-33-11-2-4-14-38(33)31-40)36-24-22-35(23-25-36)42-18-9-15-34-12-5-6-16-41(34)42/h1-31,51H,(H,52,53,54)/i5D,6D,7D,8D,9D,12D,15D,16D,18D,19D,29D. The molecule has 4 heteroatoms. The van der Waals surface area contributed by atoms with Crippen molar-refractivity contribution in [3.05, 3.63) is 204 Å². The first-order valence-corrected chi connectivity index (χ1v) is 17.8. The molecule has 55 heavy (non-hydrogen) atoms. The fourth-order valence-corrected chi connectivity index (χ4v) is 7.49. The number of furan rings is 1. The summed E-state index contributed by atoms with van der Waals surface area (Å²) in [5, 5.41) is 8.13. The van der Waals surface area contributed by atoms with Crippen LogP contribution in [0.15, 0.2) is 202 Å². The van der Waals surface area contributed by atoms with Gasteiger partial charge in [-0.05, 0) is 78.8 Å². The molecule has 258 valence electrons. The molecule has 1 atom stereocenters. The van der Waals surface area contributed by atoms with E-state index in [9.17, 15) is 1.37 Å². The van der Waals surface area contributed by atoms with E-state index in [0.29, 0.717) is 44.7 Å². The minimum atomic E-state index is -1.01. The second kappa shape index (κ2) is 12.7. The van der Waals surface area contributed by atoms with Gasteiger partial charge in [0.15, 0.2) is 6.17 Å². The molecule has 0 amide bonds. The van der Waals surface area contributed by atoms with E-state index < -0.39 is 42.4 Å². The van der Waals surface area contributed by atoms with Gasteiger partial charge in [0.2, 0.25) is 0 Å². The van der Waals surface area contributed by atoms with Gasteiger partial charge in [0.05, 0.1) is 15.1 Å². The Morgan fingerprint density at radius 3 is 1.89 bits per heavy atom. The van der Waals surface area contributed by atoms with E-state index in [2.05, 4.69) is 5.32 Å². The molecule has 9 aromatic carbocycles. The number of amidine groups is 2. The first-order chi connectivity index (χ1) is 31.8. The molecule has 1 aliphatic rings. The predicted octanol–water partition coefficient (Wildman–Crippen LogP) is 12.9. The third kappa shape index (κ3) is 5.38. The fourth-order valence-electron chi connectivity index (χ4n) is 7.49. The van der Waals surface area contributed by atoms with Crippen molar-refractivity contribution in [2.45, 2.75) is 6.17 Å². The average molecular weight is 715 g/mol. The number of nitrogens with zero attached hydrogens (tertiary/aromatic N) is 2. The predicted molar refractivity (Wildman–Crippen MR) is 229 cm³/mol. The van der Waals surface area contributed by atoms with Crippen molar-refractivity contribution in [2.75, 3.05) is 0 Å². The summed E-state index contributed by atoms with van der Waals surface area (Å²) in [7, 11) is 0. The Morgan fingerprint density at radius 1 is 0.455 bits per heavy atom. The van der Waals surface area contributed by atoms with Crippen LogP contribution in [0.5, 0.6) is 0 Å². The summed E-state index contributed by atoms with van der Waals surface area (Å²) < 4.78 is 102. The van der Waals surface area contributed by atoms with Crippen LogP contribution in [0, 0.1) is 0 Å². The maximum atomic E-state index is 9.28. The van der Waals surface area contributed by atoms with Gasteiger partial charge in [0.25, 0.3) is 0 Å². The summed E-state index contributed by atoms with van der Waals surface area (Å²) in [6.45, 7) is 0. The molecule has 0 fully saturated rings. The molecule has 0 spiro atoms. The molecule has 1 aliphatic heterocycles. The average Bonchev–Trinajstić information content (AvgIpc) is 3.72. The van der Waals surface area contributed by atoms with E-state index in [1.807, 2.05) is 84.9 Å². The van der Waals surface area contributed by atoms with Gasteiger partial charge in [0.1, 0.15) is 22.8 Å². The van der Waals surface area contributed by atoms with E-state index in [0.717, 1.165) is 32.7 Å². The van der Waals surface area contributed by atoms with Gasteiger partial charge < -0.3 is 9.73 Å². The SMILES string of the molecule is [2H]c1cc2c(oc3c([2H])cc(-c4ccc5ccccc5c4)c(C4N=C(c5ccc(-c6c([2H])c([2H])c([2H])c7c([2H])c([2H])c([2H])c([2H])c67)cc5)NC(c5ccc6ccccc6c5)=N4)c32)c([2H])c1[2H]. The van der Waals surface area contributed by atoms with Crippen LogP contribution in [-0.4, -0.2) is 11.7 Å². The number of benzene rings is 9. The normalized spacial score (nSPS) is 17.2. The Hall–Kier alpha value is -7.30. The lowest BCUT2D eigenvalue weighted by Gasteiger charge is -2.25. The van der Waals surface area contributed by atoms with Gasteiger partial charge in [0, 0.05) is 27.5 Å². The van der Waals surface area contributed by atoms with E-state index in [1.165, 1.54) is 6.07 Å². The van der Waals surface area contributed by atoms with Gasteiger partial charge in [-0.25, -0.2) is 9.98 Å². The van der Waals surface area contributed by atoms with E-state index in [1.54, 1.807) is 30.3 Å². The van der Waals surface area contributed by atoms with Crippen molar-refractivity contribution in [2.24, 2.45) is 9.98 Å². The Labute approximate surface area is 333 Å². The molecule has 0 saturated carbocycles. The highest BCUT2D eigenvalue weighted by Crippen LogP contribution is 2.43. The molecule has 2 heterocycles. The van der Waals surface area contributed by atoms with Crippen LogP contribution < -0.4 is 5.32 Å². The van der Waals surface area contributed by atoms with E-state index in [4.69, 9.17) is 28.1 Å². The summed E-state index contributed by atoms with van der Waals surface area (Å²) in [6, 6.07) is 34.2. The molecular formula is C51H33N3O. The molecule has 1 N–H and O–H groups in total. The fraction of sp³-hybridized carbons (Fsp3) is 0.0196. The molecule has 4 nitrogen and oxygen atoms in total. The molecule has 1 unspecified atom stereocenters. The van der Waals surface area contributed by atoms with Crippen LogP contribution >= 0.6 is 0 Å². The Balaban J connectivity index is 1.16. The first kappa shape index (κ1) is 22.0. The maximum absolute atomic E-state index is 9.28. The second-order valence-corrected chi connectivity index (χ2v) is 13.4. The molecule has 10 aromatic rings.